The zero-order valence-electron chi connectivity index (χ0n) is 16.0. The lowest BCUT2D eigenvalue weighted by Gasteiger charge is -2.30. The van der Waals surface area contributed by atoms with Crippen molar-refractivity contribution in [1.29, 1.82) is 0 Å². The summed E-state index contributed by atoms with van der Waals surface area (Å²) in [6.45, 7) is 11.9. The summed E-state index contributed by atoms with van der Waals surface area (Å²) in [7, 11) is 0. The predicted molar refractivity (Wildman–Crippen MR) is 105 cm³/mol. The van der Waals surface area contributed by atoms with Crippen LogP contribution < -0.4 is 4.90 Å². The molecule has 1 saturated heterocycles. The third-order valence-electron chi connectivity index (χ3n) is 4.91. The Labute approximate surface area is 154 Å². The van der Waals surface area contributed by atoms with Crippen LogP contribution in [-0.4, -0.2) is 40.9 Å². The first-order chi connectivity index (χ1) is 12.4. The van der Waals surface area contributed by atoms with Gasteiger partial charge in [0, 0.05) is 30.1 Å². The first kappa shape index (κ1) is 17.0. The fourth-order valence-corrected chi connectivity index (χ4v) is 3.45. The van der Waals surface area contributed by atoms with E-state index in [0.29, 0.717) is 0 Å². The van der Waals surface area contributed by atoms with Gasteiger partial charge in [-0.3, -0.25) is 0 Å². The van der Waals surface area contributed by atoms with Gasteiger partial charge >= 0.3 is 0 Å². The number of fused-ring (bicyclic) bond motifs is 1. The Hall–Kier alpha value is -2.40. The van der Waals surface area contributed by atoms with Crippen molar-refractivity contribution in [2.45, 2.75) is 33.1 Å². The van der Waals surface area contributed by atoms with Crippen molar-refractivity contribution in [3.63, 3.8) is 0 Å². The molecule has 3 aromatic rings. The van der Waals surface area contributed by atoms with Crippen LogP contribution in [0.5, 0.6) is 0 Å². The molecule has 5 heteroatoms. The van der Waals surface area contributed by atoms with Crippen LogP contribution in [0, 0.1) is 6.92 Å². The SMILES string of the molecule is Cc1nn2c(N3CCOCC3)cc(C(C)(C)C)nc2c1-c1ccccc1. The number of nitrogens with zero attached hydrogens (tertiary/aromatic N) is 4. The van der Waals surface area contributed by atoms with E-state index < -0.39 is 0 Å². The lowest BCUT2D eigenvalue weighted by Crippen LogP contribution is -2.37. The molecular weight excluding hydrogens is 324 g/mol. The van der Waals surface area contributed by atoms with Gasteiger partial charge in [-0.05, 0) is 12.5 Å². The molecule has 4 rings (SSSR count). The van der Waals surface area contributed by atoms with Gasteiger partial charge in [-0.25, -0.2) is 4.98 Å². The van der Waals surface area contributed by atoms with E-state index >= 15 is 0 Å². The van der Waals surface area contributed by atoms with Crippen LogP contribution in [0.15, 0.2) is 36.4 Å². The zero-order valence-corrected chi connectivity index (χ0v) is 16.0. The van der Waals surface area contributed by atoms with Gasteiger partial charge in [-0.2, -0.15) is 9.61 Å². The second-order valence-electron chi connectivity index (χ2n) is 7.91. The Morgan fingerprint density at radius 3 is 2.38 bits per heavy atom. The molecule has 1 aliphatic rings. The minimum atomic E-state index is -0.0328. The van der Waals surface area contributed by atoms with Crippen molar-refractivity contribution in [3.8, 4) is 11.1 Å². The molecule has 0 amide bonds. The van der Waals surface area contributed by atoms with Crippen LogP contribution in [0.2, 0.25) is 0 Å². The molecule has 3 heterocycles. The van der Waals surface area contributed by atoms with Crippen molar-refractivity contribution in [2.24, 2.45) is 0 Å². The minimum absolute atomic E-state index is 0.0328. The van der Waals surface area contributed by atoms with Crippen LogP contribution in [-0.2, 0) is 10.2 Å². The highest BCUT2D eigenvalue weighted by Crippen LogP contribution is 2.33. The summed E-state index contributed by atoms with van der Waals surface area (Å²) < 4.78 is 7.55. The maximum Gasteiger partial charge on any atom is 0.165 e. The number of hydrogen-bond acceptors (Lipinski definition) is 4. The summed E-state index contributed by atoms with van der Waals surface area (Å²) in [6, 6.07) is 12.6. The number of aryl methyl sites for hydroxylation is 1. The highest BCUT2D eigenvalue weighted by molar-refractivity contribution is 5.81. The normalized spacial score (nSPS) is 15.6. The van der Waals surface area contributed by atoms with Gasteiger partial charge in [-0.15, -0.1) is 0 Å². The van der Waals surface area contributed by atoms with Crippen molar-refractivity contribution in [3.05, 3.63) is 47.8 Å². The molecule has 0 bridgehead atoms. The largest absolute Gasteiger partial charge is 0.378 e. The van der Waals surface area contributed by atoms with Gasteiger partial charge in [0.25, 0.3) is 0 Å². The summed E-state index contributed by atoms with van der Waals surface area (Å²) in [5, 5.41) is 4.86. The number of anilines is 1. The van der Waals surface area contributed by atoms with Gasteiger partial charge in [-0.1, -0.05) is 51.1 Å². The minimum Gasteiger partial charge on any atom is -0.378 e. The summed E-state index contributed by atoms with van der Waals surface area (Å²) in [6.07, 6.45) is 0. The number of hydrogen-bond donors (Lipinski definition) is 0. The van der Waals surface area contributed by atoms with Gasteiger partial charge in [0.15, 0.2) is 5.65 Å². The van der Waals surface area contributed by atoms with E-state index in [1.807, 2.05) is 10.6 Å². The van der Waals surface area contributed by atoms with E-state index in [1.54, 1.807) is 0 Å². The van der Waals surface area contributed by atoms with Gasteiger partial charge in [0.05, 0.1) is 24.6 Å². The molecule has 0 unspecified atom stereocenters. The molecule has 0 radical (unpaired) electrons. The van der Waals surface area contributed by atoms with E-state index in [9.17, 15) is 0 Å². The molecule has 2 aromatic heterocycles. The Kier molecular flexibility index (Phi) is 4.19. The zero-order chi connectivity index (χ0) is 18.3. The van der Waals surface area contributed by atoms with Gasteiger partial charge < -0.3 is 9.64 Å². The average molecular weight is 350 g/mol. The molecule has 1 fully saturated rings. The highest BCUT2D eigenvalue weighted by Gasteiger charge is 2.24. The number of rotatable bonds is 2. The fourth-order valence-electron chi connectivity index (χ4n) is 3.45. The summed E-state index contributed by atoms with van der Waals surface area (Å²) in [4.78, 5) is 7.40. The number of benzene rings is 1. The molecule has 1 aliphatic heterocycles. The molecule has 5 nitrogen and oxygen atoms in total. The first-order valence-electron chi connectivity index (χ1n) is 9.24. The standard InChI is InChI=1S/C21H26N4O/c1-15-19(16-8-6-5-7-9-16)20-22-17(21(2,3)4)14-18(25(20)23-15)24-10-12-26-13-11-24/h5-9,14H,10-13H2,1-4H3. The number of morpholine rings is 1. The van der Waals surface area contributed by atoms with Crippen molar-refractivity contribution in [1.82, 2.24) is 14.6 Å². The Morgan fingerprint density at radius 2 is 1.73 bits per heavy atom. The molecule has 136 valence electrons. The third kappa shape index (κ3) is 2.97. The Bertz CT molecular complexity index is 919. The van der Waals surface area contributed by atoms with Crippen LogP contribution in [0.4, 0.5) is 5.82 Å². The van der Waals surface area contributed by atoms with Gasteiger partial charge in [0.1, 0.15) is 5.82 Å². The van der Waals surface area contributed by atoms with E-state index in [1.165, 1.54) is 0 Å². The first-order valence-corrected chi connectivity index (χ1v) is 9.24. The molecule has 0 aliphatic carbocycles. The average Bonchev–Trinajstić information content (AvgIpc) is 2.97. The molecule has 0 N–H and O–H groups in total. The van der Waals surface area contributed by atoms with Crippen molar-refractivity contribution < 1.29 is 4.74 Å². The van der Waals surface area contributed by atoms with Crippen LogP contribution in [0.3, 0.4) is 0 Å². The maximum atomic E-state index is 5.54. The van der Waals surface area contributed by atoms with Gasteiger partial charge in [0.2, 0.25) is 0 Å². The summed E-state index contributed by atoms with van der Waals surface area (Å²) in [5.74, 6) is 1.11. The van der Waals surface area contributed by atoms with E-state index in [0.717, 1.165) is 60.3 Å². The molecule has 0 saturated carbocycles. The lowest BCUT2D eigenvalue weighted by atomic mass is 9.91. The van der Waals surface area contributed by atoms with Crippen LogP contribution >= 0.6 is 0 Å². The second kappa shape index (κ2) is 6.40. The molecule has 1 aromatic carbocycles. The monoisotopic (exact) mass is 350 g/mol. The predicted octanol–water partition coefficient (Wildman–Crippen LogP) is 3.84. The number of aromatic nitrogens is 3. The van der Waals surface area contributed by atoms with Crippen LogP contribution in [0.1, 0.15) is 32.2 Å². The molecule has 0 atom stereocenters. The van der Waals surface area contributed by atoms with E-state index in [2.05, 4.69) is 62.9 Å². The van der Waals surface area contributed by atoms with Crippen LogP contribution in [0.25, 0.3) is 16.8 Å². The Morgan fingerprint density at radius 1 is 1.04 bits per heavy atom. The highest BCUT2D eigenvalue weighted by atomic mass is 16.5. The summed E-state index contributed by atoms with van der Waals surface area (Å²) in [5.41, 5.74) is 5.27. The molecule has 0 spiro atoms. The second-order valence-corrected chi connectivity index (χ2v) is 7.91. The fraction of sp³-hybridized carbons (Fsp3) is 0.429. The smallest absolute Gasteiger partial charge is 0.165 e. The van der Waals surface area contributed by atoms with Crippen molar-refractivity contribution in [2.75, 3.05) is 31.2 Å². The van der Waals surface area contributed by atoms with E-state index in [-0.39, 0.29) is 5.41 Å². The quantitative estimate of drug-likeness (QED) is 0.704. The summed E-state index contributed by atoms with van der Waals surface area (Å²) >= 11 is 0. The van der Waals surface area contributed by atoms with Crippen molar-refractivity contribution >= 4 is 11.5 Å². The third-order valence-corrected chi connectivity index (χ3v) is 4.91. The lowest BCUT2D eigenvalue weighted by molar-refractivity contribution is 0.122. The molecule has 26 heavy (non-hydrogen) atoms. The van der Waals surface area contributed by atoms with E-state index in [4.69, 9.17) is 14.8 Å². The number of ether oxygens (including phenoxy) is 1. The maximum absolute atomic E-state index is 5.54. The Balaban J connectivity index is 1.99. The molecular formula is C21H26N4O. The topological polar surface area (TPSA) is 42.7 Å².